The fraction of sp³-hybridized carbons (Fsp3) is 0.263. The number of halogens is 1. The Bertz CT molecular complexity index is 765. The van der Waals surface area contributed by atoms with Crippen molar-refractivity contribution in [1.29, 1.82) is 0 Å². The van der Waals surface area contributed by atoms with Crippen LogP contribution >= 0.6 is 0 Å². The number of aliphatic carboxylic acids is 1. The highest BCUT2D eigenvalue weighted by Crippen LogP contribution is 2.34. The summed E-state index contributed by atoms with van der Waals surface area (Å²) in [7, 11) is 0. The van der Waals surface area contributed by atoms with Gasteiger partial charge in [0.05, 0.1) is 0 Å². The maximum atomic E-state index is 13.5. The van der Waals surface area contributed by atoms with Gasteiger partial charge in [-0.25, -0.2) is 14.0 Å². The van der Waals surface area contributed by atoms with Crippen molar-refractivity contribution in [2.75, 3.05) is 6.54 Å². The summed E-state index contributed by atoms with van der Waals surface area (Å²) in [5, 5.41) is 9.58. The van der Waals surface area contributed by atoms with E-state index in [1.165, 1.54) is 17.0 Å². The summed E-state index contributed by atoms with van der Waals surface area (Å²) in [5.74, 6) is -2.01. The molecule has 1 aliphatic heterocycles. The number of carboxylic acid groups (broad SMARTS) is 1. The van der Waals surface area contributed by atoms with Crippen LogP contribution in [-0.2, 0) is 16.1 Å². The number of hydrogen-bond donors (Lipinski definition) is 1. The summed E-state index contributed by atoms with van der Waals surface area (Å²) in [6.45, 7) is 0.332. The second-order valence-corrected chi connectivity index (χ2v) is 5.97. The summed E-state index contributed by atoms with van der Waals surface area (Å²) in [6, 6.07) is 13.9. The maximum absolute atomic E-state index is 13.5. The van der Waals surface area contributed by atoms with Gasteiger partial charge in [-0.1, -0.05) is 42.5 Å². The third-order valence-electron chi connectivity index (χ3n) is 4.37. The molecule has 0 bridgehead atoms. The lowest BCUT2D eigenvalue weighted by Gasteiger charge is -2.24. The fourth-order valence-corrected chi connectivity index (χ4v) is 3.19. The molecule has 6 heteroatoms. The third-order valence-corrected chi connectivity index (χ3v) is 4.37. The van der Waals surface area contributed by atoms with E-state index in [1.807, 2.05) is 30.3 Å². The lowest BCUT2D eigenvalue weighted by atomic mass is 9.92. The van der Waals surface area contributed by atoms with E-state index < -0.39 is 29.8 Å². The fourth-order valence-electron chi connectivity index (χ4n) is 3.19. The number of hydrogen-bond acceptors (Lipinski definition) is 3. The van der Waals surface area contributed by atoms with Gasteiger partial charge in [0, 0.05) is 12.5 Å². The highest BCUT2D eigenvalue weighted by Gasteiger charge is 2.43. The summed E-state index contributed by atoms with van der Waals surface area (Å²) in [4.78, 5) is 25.3. The Morgan fingerprint density at radius 1 is 1.16 bits per heavy atom. The van der Waals surface area contributed by atoms with Crippen molar-refractivity contribution >= 4 is 12.1 Å². The summed E-state index contributed by atoms with van der Waals surface area (Å²) < 4.78 is 18.7. The van der Waals surface area contributed by atoms with Gasteiger partial charge in [0.25, 0.3) is 0 Å². The van der Waals surface area contributed by atoms with Crippen LogP contribution in [-0.4, -0.2) is 34.7 Å². The zero-order chi connectivity index (χ0) is 17.8. The first-order valence-corrected chi connectivity index (χ1v) is 8.02. The molecule has 0 aromatic heterocycles. The van der Waals surface area contributed by atoms with Gasteiger partial charge in [0.2, 0.25) is 0 Å². The van der Waals surface area contributed by atoms with Crippen LogP contribution in [0.3, 0.4) is 0 Å². The van der Waals surface area contributed by atoms with Gasteiger partial charge in [-0.3, -0.25) is 4.90 Å². The molecule has 1 N–H and O–H groups in total. The molecule has 0 aliphatic carbocycles. The number of amides is 1. The molecule has 1 amide bonds. The highest BCUT2D eigenvalue weighted by atomic mass is 19.1. The maximum Gasteiger partial charge on any atom is 0.410 e. The minimum atomic E-state index is -1.12. The predicted molar refractivity (Wildman–Crippen MR) is 88.5 cm³/mol. The van der Waals surface area contributed by atoms with E-state index >= 15 is 0 Å². The molecule has 2 aromatic carbocycles. The van der Waals surface area contributed by atoms with Crippen molar-refractivity contribution < 1.29 is 23.8 Å². The van der Waals surface area contributed by atoms with Crippen LogP contribution in [0.2, 0.25) is 0 Å². The molecule has 2 unspecified atom stereocenters. The van der Waals surface area contributed by atoms with E-state index in [2.05, 4.69) is 0 Å². The largest absolute Gasteiger partial charge is 0.480 e. The van der Waals surface area contributed by atoms with Gasteiger partial charge in [-0.05, 0) is 29.7 Å². The first kappa shape index (κ1) is 17.0. The number of ether oxygens (including phenoxy) is 1. The number of rotatable bonds is 4. The Kier molecular flexibility index (Phi) is 4.97. The van der Waals surface area contributed by atoms with Gasteiger partial charge in [0.1, 0.15) is 18.5 Å². The smallest absolute Gasteiger partial charge is 0.410 e. The van der Waals surface area contributed by atoms with Crippen molar-refractivity contribution in [3.63, 3.8) is 0 Å². The van der Waals surface area contributed by atoms with Crippen LogP contribution in [0.4, 0.5) is 9.18 Å². The van der Waals surface area contributed by atoms with Crippen molar-refractivity contribution in [3.05, 3.63) is 71.5 Å². The van der Waals surface area contributed by atoms with Crippen LogP contribution in [0, 0.1) is 5.82 Å². The Morgan fingerprint density at radius 3 is 2.60 bits per heavy atom. The summed E-state index contributed by atoms with van der Waals surface area (Å²) in [5.41, 5.74) is 1.40. The van der Waals surface area contributed by atoms with E-state index in [9.17, 15) is 19.1 Å². The molecule has 1 fully saturated rings. The molecule has 0 spiro atoms. The minimum Gasteiger partial charge on any atom is -0.480 e. The molecular formula is C19H18FNO4. The van der Waals surface area contributed by atoms with Crippen molar-refractivity contribution in [2.45, 2.75) is 25.0 Å². The Balaban J connectivity index is 1.73. The number of carbonyl (C=O) groups is 2. The van der Waals surface area contributed by atoms with Gasteiger partial charge in [0.15, 0.2) is 0 Å². The standard InChI is InChI=1S/C19H18FNO4/c20-15-8-4-7-14(11-15)16-9-10-21(17(16)18(22)23)19(24)25-12-13-5-2-1-3-6-13/h1-8,11,16-17H,9-10,12H2,(H,22,23). The van der Waals surface area contributed by atoms with Crippen LogP contribution in [0.15, 0.2) is 54.6 Å². The normalized spacial score (nSPS) is 19.6. The van der Waals surface area contributed by atoms with E-state index in [1.54, 1.807) is 12.1 Å². The third kappa shape index (κ3) is 3.79. The predicted octanol–water partition coefficient (Wildman–Crippen LogP) is 3.41. The zero-order valence-corrected chi connectivity index (χ0v) is 13.5. The first-order chi connectivity index (χ1) is 12.1. The van der Waals surface area contributed by atoms with Crippen LogP contribution in [0.5, 0.6) is 0 Å². The lowest BCUT2D eigenvalue weighted by molar-refractivity contribution is -0.142. The second kappa shape index (κ2) is 7.34. The number of carboxylic acids is 1. The summed E-state index contributed by atoms with van der Waals surface area (Å²) >= 11 is 0. The Labute approximate surface area is 144 Å². The molecule has 2 aromatic rings. The van der Waals surface area contributed by atoms with Crippen LogP contribution in [0.25, 0.3) is 0 Å². The molecule has 0 radical (unpaired) electrons. The number of benzene rings is 2. The SMILES string of the molecule is O=C(O)C1C(c2cccc(F)c2)CCN1C(=O)OCc1ccccc1. The van der Waals surface area contributed by atoms with E-state index in [4.69, 9.17) is 4.74 Å². The number of carbonyl (C=O) groups excluding carboxylic acids is 1. The van der Waals surface area contributed by atoms with E-state index in [0.717, 1.165) is 5.56 Å². The second-order valence-electron chi connectivity index (χ2n) is 5.97. The quantitative estimate of drug-likeness (QED) is 0.924. The Hall–Kier alpha value is -2.89. The van der Waals surface area contributed by atoms with Gasteiger partial charge >= 0.3 is 12.1 Å². The van der Waals surface area contributed by atoms with Gasteiger partial charge in [-0.15, -0.1) is 0 Å². The lowest BCUT2D eigenvalue weighted by Crippen LogP contribution is -2.43. The molecule has 2 atom stereocenters. The topological polar surface area (TPSA) is 66.8 Å². The molecule has 130 valence electrons. The number of nitrogens with zero attached hydrogens (tertiary/aromatic N) is 1. The highest BCUT2D eigenvalue weighted by molar-refractivity contribution is 5.82. The molecule has 0 saturated carbocycles. The van der Waals surface area contributed by atoms with E-state index in [0.29, 0.717) is 12.0 Å². The monoisotopic (exact) mass is 343 g/mol. The van der Waals surface area contributed by atoms with E-state index in [-0.39, 0.29) is 13.2 Å². The summed E-state index contributed by atoms with van der Waals surface area (Å²) in [6.07, 6.45) is -0.226. The molecule has 1 heterocycles. The molecular weight excluding hydrogens is 325 g/mol. The molecule has 5 nitrogen and oxygen atoms in total. The molecule has 25 heavy (non-hydrogen) atoms. The zero-order valence-electron chi connectivity index (χ0n) is 13.5. The van der Waals surface area contributed by atoms with Crippen molar-refractivity contribution in [1.82, 2.24) is 4.90 Å². The van der Waals surface area contributed by atoms with Crippen LogP contribution < -0.4 is 0 Å². The van der Waals surface area contributed by atoms with Crippen LogP contribution in [0.1, 0.15) is 23.5 Å². The average Bonchev–Trinajstić information content (AvgIpc) is 3.06. The van der Waals surface area contributed by atoms with Gasteiger partial charge in [-0.2, -0.15) is 0 Å². The number of likely N-dealkylation sites (tertiary alicyclic amines) is 1. The van der Waals surface area contributed by atoms with Crippen molar-refractivity contribution in [2.24, 2.45) is 0 Å². The molecule has 1 saturated heterocycles. The first-order valence-electron chi connectivity index (χ1n) is 8.02. The van der Waals surface area contributed by atoms with Crippen molar-refractivity contribution in [3.8, 4) is 0 Å². The molecule has 3 rings (SSSR count). The Morgan fingerprint density at radius 2 is 1.92 bits per heavy atom. The minimum absolute atomic E-state index is 0.0765. The molecule has 1 aliphatic rings. The van der Waals surface area contributed by atoms with Gasteiger partial charge < -0.3 is 9.84 Å². The average molecular weight is 343 g/mol.